The van der Waals surface area contributed by atoms with Gasteiger partial charge in [-0.3, -0.25) is 4.79 Å². The van der Waals surface area contributed by atoms with Crippen LogP contribution >= 0.6 is 0 Å². The summed E-state index contributed by atoms with van der Waals surface area (Å²) in [5.41, 5.74) is 2.53. The number of sulfonamides is 1. The Morgan fingerprint density at radius 2 is 2.00 bits per heavy atom. The third-order valence-electron chi connectivity index (χ3n) is 4.86. The summed E-state index contributed by atoms with van der Waals surface area (Å²) in [6.45, 7) is 7.75. The molecule has 2 rings (SSSR count). The molecule has 7 heteroatoms. The highest BCUT2D eigenvalue weighted by Gasteiger charge is 2.22. The van der Waals surface area contributed by atoms with Gasteiger partial charge in [-0.05, 0) is 55.9 Å². The van der Waals surface area contributed by atoms with Crippen molar-refractivity contribution in [2.24, 2.45) is 5.92 Å². The molecule has 0 aromatic heterocycles. The lowest BCUT2D eigenvalue weighted by molar-refractivity contribution is -0.130. The van der Waals surface area contributed by atoms with Gasteiger partial charge < -0.3 is 10.2 Å². The first-order valence-corrected chi connectivity index (χ1v) is 10.1. The number of hydrogen-bond acceptors (Lipinski definition) is 4. The molecule has 0 aliphatic carbocycles. The van der Waals surface area contributed by atoms with Crippen LogP contribution in [0.3, 0.4) is 0 Å². The first kappa shape index (κ1) is 19.7. The SMILES string of the molecule is Cc1cc(S(=O)(=O)N(C)C)cc(NCC(=O)N2CCC[C@@H](C)C2)c1C. The van der Waals surface area contributed by atoms with Gasteiger partial charge in [-0.25, -0.2) is 12.7 Å². The molecule has 0 unspecified atom stereocenters. The summed E-state index contributed by atoms with van der Waals surface area (Å²) in [6.07, 6.45) is 2.21. The quantitative estimate of drug-likeness (QED) is 0.866. The minimum Gasteiger partial charge on any atom is -0.376 e. The normalized spacial score (nSPS) is 18.5. The van der Waals surface area contributed by atoms with Gasteiger partial charge in [0.05, 0.1) is 11.4 Å². The average molecular weight is 368 g/mol. The largest absolute Gasteiger partial charge is 0.376 e. The minimum atomic E-state index is -3.51. The second kappa shape index (κ2) is 7.74. The Morgan fingerprint density at radius 3 is 2.60 bits per heavy atom. The maximum Gasteiger partial charge on any atom is 0.242 e. The highest BCUT2D eigenvalue weighted by atomic mass is 32.2. The molecule has 1 heterocycles. The van der Waals surface area contributed by atoms with Crippen LogP contribution in [-0.2, 0) is 14.8 Å². The van der Waals surface area contributed by atoms with E-state index in [1.54, 1.807) is 12.1 Å². The van der Waals surface area contributed by atoms with Gasteiger partial charge in [-0.15, -0.1) is 0 Å². The number of nitrogens with zero attached hydrogens (tertiary/aromatic N) is 2. The van der Waals surface area contributed by atoms with Crippen LogP contribution in [0.4, 0.5) is 5.69 Å². The van der Waals surface area contributed by atoms with Crippen LogP contribution in [0.2, 0.25) is 0 Å². The lowest BCUT2D eigenvalue weighted by atomic mass is 10.0. The van der Waals surface area contributed by atoms with Crippen LogP contribution < -0.4 is 5.32 Å². The van der Waals surface area contributed by atoms with E-state index in [-0.39, 0.29) is 17.3 Å². The van der Waals surface area contributed by atoms with Crippen molar-refractivity contribution >= 4 is 21.6 Å². The van der Waals surface area contributed by atoms with Crippen LogP contribution in [0.25, 0.3) is 0 Å². The molecule has 0 spiro atoms. The zero-order chi connectivity index (χ0) is 18.8. The predicted octanol–water partition coefficient (Wildman–Crippen LogP) is 2.22. The molecule has 1 aromatic rings. The third-order valence-corrected chi connectivity index (χ3v) is 6.65. The lowest BCUT2D eigenvalue weighted by Gasteiger charge is -2.31. The molecule has 1 aliphatic rings. The first-order valence-electron chi connectivity index (χ1n) is 8.68. The molecule has 1 N–H and O–H groups in total. The number of likely N-dealkylation sites (tertiary alicyclic amines) is 1. The van der Waals surface area contributed by atoms with Crippen molar-refractivity contribution in [2.45, 2.75) is 38.5 Å². The molecule has 1 aliphatic heterocycles. The average Bonchev–Trinajstić information content (AvgIpc) is 2.55. The summed E-state index contributed by atoms with van der Waals surface area (Å²) in [5.74, 6) is 0.597. The summed E-state index contributed by atoms with van der Waals surface area (Å²) < 4.78 is 26.0. The molecule has 0 bridgehead atoms. The standard InChI is InChI=1S/C18H29N3O3S/c1-13-7-6-8-21(12-13)18(22)11-19-17-10-16(9-14(2)15(17)3)25(23,24)20(4)5/h9-10,13,19H,6-8,11-12H2,1-5H3/t13-/m1/s1. The smallest absolute Gasteiger partial charge is 0.242 e. The number of piperidine rings is 1. The van der Waals surface area contributed by atoms with E-state index >= 15 is 0 Å². The third kappa shape index (κ3) is 4.52. The van der Waals surface area contributed by atoms with Crippen LogP contribution in [0.1, 0.15) is 30.9 Å². The maximum absolute atomic E-state index is 12.4. The Balaban J connectivity index is 2.16. The Kier molecular flexibility index (Phi) is 6.11. The number of carbonyl (C=O) groups excluding carboxylic acids is 1. The molecule has 1 amide bonds. The summed E-state index contributed by atoms with van der Waals surface area (Å²) in [6, 6.07) is 3.29. The van der Waals surface area contributed by atoms with Crippen molar-refractivity contribution in [3.8, 4) is 0 Å². The first-order chi connectivity index (χ1) is 11.6. The molecule has 6 nitrogen and oxygen atoms in total. The number of rotatable bonds is 5. The Morgan fingerprint density at radius 1 is 1.32 bits per heavy atom. The van der Waals surface area contributed by atoms with E-state index < -0.39 is 10.0 Å². The molecule has 1 fully saturated rings. The number of nitrogens with one attached hydrogen (secondary N) is 1. The van der Waals surface area contributed by atoms with Crippen LogP contribution in [0.5, 0.6) is 0 Å². The fourth-order valence-corrected chi connectivity index (χ4v) is 4.08. The van der Waals surface area contributed by atoms with Gasteiger partial charge in [0, 0.05) is 32.9 Å². The summed E-state index contributed by atoms with van der Waals surface area (Å²) in [4.78, 5) is 14.6. The van der Waals surface area contributed by atoms with Crippen molar-refractivity contribution in [1.82, 2.24) is 9.21 Å². The van der Waals surface area contributed by atoms with Crippen molar-refractivity contribution < 1.29 is 13.2 Å². The van der Waals surface area contributed by atoms with Crippen molar-refractivity contribution in [2.75, 3.05) is 39.0 Å². The highest BCUT2D eigenvalue weighted by molar-refractivity contribution is 7.89. The number of benzene rings is 1. The van der Waals surface area contributed by atoms with E-state index in [4.69, 9.17) is 0 Å². The number of hydrogen-bond donors (Lipinski definition) is 1. The van der Waals surface area contributed by atoms with E-state index in [0.717, 1.165) is 30.6 Å². The highest BCUT2D eigenvalue weighted by Crippen LogP contribution is 2.25. The zero-order valence-corrected chi connectivity index (χ0v) is 16.6. The predicted molar refractivity (Wildman–Crippen MR) is 100 cm³/mol. The van der Waals surface area contributed by atoms with E-state index in [1.807, 2.05) is 18.7 Å². The second-order valence-corrected chi connectivity index (χ2v) is 9.29. The molecule has 140 valence electrons. The van der Waals surface area contributed by atoms with Crippen molar-refractivity contribution in [3.63, 3.8) is 0 Å². The number of anilines is 1. The molecule has 0 radical (unpaired) electrons. The molecule has 1 saturated heterocycles. The number of amides is 1. The molecular weight excluding hydrogens is 338 g/mol. The summed E-state index contributed by atoms with van der Waals surface area (Å²) >= 11 is 0. The maximum atomic E-state index is 12.4. The minimum absolute atomic E-state index is 0.0597. The van der Waals surface area contributed by atoms with E-state index in [9.17, 15) is 13.2 Å². The fraction of sp³-hybridized carbons (Fsp3) is 0.611. The van der Waals surface area contributed by atoms with Gasteiger partial charge in [0.15, 0.2) is 0 Å². The Bertz CT molecular complexity index is 744. The Hall–Kier alpha value is -1.60. The van der Waals surface area contributed by atoms with Gasteiger partial charge in [0.1, 0.15) is 0 Å². The number of carbonyl (C=O) groups is 1. The van der Waals surface area contributed by atoms with Crippen molar-refractivity contribution in [3.05, 3.63) is 23.3 Å². The van der Waals surface area contributed by atoms with Gasteiger partial charge in [0.25, 0.3) is 0 Å². The van der Waals surface area contributed by atoms with Gasteiger partial charge >= 0.3 is 0 Å². The van der Waals surface area contributed by atoms with Gasteiger partial charge in [-0.1, -0.05) is 6.92 Å². The molecule has 1 atom stereocenters. The molecule has 1 aromatic carbocycles. The number of aryl methyl sites for hydroxylation is 1. The van der Waals surface area contributed by atoms with Gasteiger partial charge in [0.2, 0.25) is 15.9 Å². The van der Waals surface area contributed by atoms with Crippen LogP contribution in [-0.4, -0.2) is 57.3 Å². The van der Waals surface area contributed by atoms with E-state index in [0.29, 0.717) is 11.6 Å². The second-order valence-electron chi connectivity index (χ2n) is 7.14. The zero-order valence-electron chi connectivity index (χ0n) is 15.8. The summed E-state index contributed by atoms with van der Waals surface area (Å²) in [7, 11) is -0.482. The van der Waals surface area contributed by atoms with E-state index in [2.05, 4.69) is 12.2 Å². The lowest BCUT2D eigenvalue weighted by Crippen LogP contribution is -2.42. The monoisotopic (exact) mass is 367 g/mol. The summed E-state index contributed by atoms with van der Waals surface area (Å²) in [5, 5.41) is 3.14. The molecule has 0 saturated carbocycles. The van der Waals surface area contributed by atoms with E-state index in [1.165, 1.54) is 24.8 Å². The topological polar surface area (TPSA) is 69.7 Å². The Labute approximate surface area is 151 Å². The fourth-order valence-electron chi connectivity index (χ4n) is 3.07. The van der Waals surface area contributed by atoms with Crippen LogP contribution in [0, 0.1) is 19.8 Å². The molecular formula is C18H29N3O3S. The van der Waals surface area contributed by atoms with Gasteiger partial charge in [-0.2, -0.15) is 0 Å². The van der Waals surface area contributed by atoms with Crippen molar-refractivity contribution in [1.29, 1.82) is 0 Å². The van der Waals surface area contributed by atoms with Crippen LogP contribution in [0.15, 0.2) is 17.0 Å². The molecule has 25 heavy (non-hydrogen) atoms.